The zero-order valence-corrected chi connectivity index (χ0v) is 12.6. The molecule has 9 nitrogen and oxygen atoms in total. The van der Waals surface area contributed by atoms with Crippen molar-refractivity contribution in [2.24, 2.45) is 5.84 Å². The maximum Gasteiger partial charge on any atom is 0.271 e. The van der Waals surface area contributed by atoms with Gasteiger partial charge in [-0.25, -0.2) is 12.7 Å². The van der Waals surface area contributed by atoms with Gasteiger partial charge >= 0.3 is 0 Å². The van der Waals surface area contributed by atoms with Crippen LogP contribution < -0.4 is 11.3 Å². The van der Waals surface area contributed by atoms with Gasteiger partial charge in [-0.15, -0.1) is 0 Å². The van der Waals surface area contributed by atoms with Gasteiger partial charge < -0.3 is 10.2 Å². The van der Waals surface area contributed by atoms with Gasteiger partial charge in [0.15, 0.2) is 0 Å². The van der Waals surface area contributed by atoms with Gasteiger partial charge in [0.05, 0.1) is 10.6 Å². The highest BCUT2D eigenvalue weighted by atomic mass is 32.2. The van der Waals surface area contributed by atoms with Crippen LogP contribution in [-0.2, 0) is 14.8 Å². The molecule has 10 heteroatoms. The van der Waals surface area contributed by atoms with E-state index in [1.165, 1.54) is 14.2 Å². The van der Waals surface area contributed by atoms with Gasteiger partial charge in [-0.1, -0.05) is 0 Å². The fraction of sp³-hybridized carbons (Fsp3) is 0.455. The van der Waals surface area contributed by atoms with E-state index in [0.717, 1.165) is 22.5 Å². The monoisotopic (exact) mass is 318 g/mol. The van der Waals surface area contributed by atoms with E-state index in [1.807, 2.05) is 0 Å². The number of sulfonamides is 1. The van der Waals surface area contributed by atoms with Crippen molar-refractivity contribution in [3.63, 3.8) is 0 Å². The van der Waals surface area contributed by atoms with Crippen LogP contribution in [0.3, 0.4) is 0 Å². The molecule has 1 aromatic rings. The Morgan fingerprint density at radius 3 is 2.67 bits per heavy atom. The number of nitro groups is 1. The van der Waals surface area contributed by atoms with Gasteiger partial charge in [0.2, 0.25) is 10.0 Å². The molecule has 21 heavy (non-hydrogen) atoms. The molecule has 1 aromatic carbocycles. The second-order valence-corrected chi connectivity index (χ2v) is 6.27. The summed E-state index contributed by atoms with van der Waals surface area (Å²) in [5.74, 6) is 5.26. The lowest BCUT2D eigenvalue weighted by atomic mass is 10.3. The number of ether oxygens (including phenoxy) is 1. The fourth-order valence-corrected chi connectivity index (χ4v) is 3.03. The molecule has 0 bridgehead atoms. The summed E-state index contributed by atoms with van der Waals surface area (Å²) in [5.41, 5.74) is 1.91. The number of nitrogens with zero attached hydrogens (tertiary/aromatic N) is 2. The number of benzene rings is 1. The summed E-state index contributed by atoms with van der Waals surface area (Å²) >= 11 is 0. The molecule has 0 aromatic heterocycles. The maximum absolute atomic E-state index is 12.4. The lowest BCUT2D eigenvalue weighted by Crippen LogP contribution is -2.29. The number of nitrogens with one attached hydrogen (secondary N) is 1. The largest absolute Gasteiger partial charge is 0.385 e. The smallest absolute Gasteiger partial charge is 0.271 e. The molecule has 0 atom stereocenters. The Bertz CT molecular complexity index is 605. The van der Waals surface area contributed by atoms with Crippen LogP contribution in [0.5, 0.6) is 0 Å². The van der Waals surface area contributed by atoms with E-state index >= 15 is 0 Å². The average Bonchev–Trinajstić information content (AvgIpc) is 2.46. The number of hydrazine groups is 1. The number of nitrogen functional groups attached to an aromatic ring is 1. The second-order valence-electron chi connectivity index (χ2n) is 4.25. The van der Waals surface area contributed by atoms with Gasteiger partial charge in [-0.3, -0.25) is 16.0 Å². The second kappa shape index (κ2) is 7.31. The standard InChI is InChI=1S/C11H18N4O5S/c1-14(6-3-7-20-2)21(18,19)11-5-4-9(15(16)17)8-10(11)13-12/h4-5,8,13H,3,6-7,12H2,1-2H3. The van der Waals surface area contributed by atoms with Crippen LogP contribution in [0.2, 0.25) is 0 Å². The Balaban J connectivity index is 3.10. The van der Waals surface area contributed by atoms with Crippen LogP contribution in [-0.4, -0.2) is 45.0 Å². The number of hydrogen-bond acceptors (Lipinski definition) is 7. The number of nitrogens with two attached hydrogens (primary N) is 1. The van der Waals surface area contributed by atoms with Gasteiger partial charge in [-0.2, -0.15) is 0 Å². The summed E-state index contributed by atoms with van der Waals surface area (Å²) in [6.45, 7) is 0.694. The van der Waals surface area contributed by atoms with Gasteiger partial charge in [0.25, 0.3) is 5.69 Å². The minimum absolute atomic E-state index is 0.0252. The third kappa shape index (κ3) is 4.11. The molecule has 0 amide bonds. The molecule has 118 valence electrons. The summed E-state index contributed by atoms with van der Waals surface area (Å²) in [6.07, 6.45) is 0.532. The zero-order valence-electron chi connectivity index (χ0n) is 11.8. The first-order valence-corrected chi connectivity index (χ1v) is 7.49. The van der Waals surface area contributed by atoms with Crippen LogP contribution in [0, 0.1) is 10.1 Å². The first-order valence-electron chi connectivity index (χ1n) is 6.05. The summed E-state index contributed by atoms with van der Waals surface area (Å²) < 4.78 is 30.8. The number of nitro benzene ring substituents is 1. The van der Waals surface area contributed by atoms with E-state index in [2.05, 4.69) is 5.43 Å². The molecule has 0 heterocycles. The van der Waals surface area contributed by atoms with E-state index in [9.17, 15) is 18.5 Å². The van der Waals surface area contributed by atoms with Gasteiger partial charge in [0, 0.05) is 39.4 Å². The first-order chi connectivity index (χ1) is 9.84. The molecule has 0 saturated carbocycles. The lowest BCUT2D eigenvalue weighted by molar-refractivity contribution is -0.384. The molecular formula is C11H18N4O5S. The first kappa shape index (κ1) is 17.3. The van der Waals surface area contributed by atoms with Crippen molar-refractivity contribution in [1.29, 1.82) is 0 Å². The molecule has 0 aliphatic heterocycles. The van der Waals surface area contributed by atoms with Crippen molar-refractivity contribution < 1.29 is 18.1 Å². The highest BCUT2D eigenvalue weighted by Crippen LogP contribution is 2.27. The molecule has 0 fully saturated rings. The van der Waals surface area contributed by atoms with Crippen molar-refractivity contribution >= 4 is 21.4 Å². The van der Waals surface area contributed by atoms with E-state index in [4.69, 9.17) is 10.6 Å². The van der Waals surface area contributed by atoms with Crippen LogP contribution in [0.4, 0.5) is 11.4 Å². The molecule has 3 N–H and O–H groups in total. The van der Waals surface area contributed by atoms with Gasteiger partial charge in [0.1, 0.15) is 4.90 Å². The topological polar surface area (TPSA) is 128 Å². The van der Waals surface area contributed by atoms with Crippen LogP contribution in [0.1, 0.15) is 6.42 Å². The minimum atomic E-state index is -3.79. The van der Waals surface area contributed by atoms with Gasteiger partial charge in [-0.05, 0) is 12.5 Å². The van der Waals surface area contributed by atoms with Crippen molar-refractivity contribution in [2.45, 2.75) is 11.3 Å². The Kier molecular flexibility index (Phi) is 6.03. The van der Waals surface area contributed by atoms with E-state index < -0.39 is 14.9 Å². The minimum Gasteiger partial charge on any atom is -0.385 e. The molecule has 0 radical (unpaired) electrons. The summed E-state index contributed by atoms with van der Waals surface area (Å²) in [7, 11) is -0.840. The highest BCUT2D eigenvalue weighted by molar-refractivity contribution is 7.89. The molecule has 0 aliphatic rings. The number of rotatable bonds is 8. The molecule has 1 rings (SSSR count). The van der Waals surface area contributed by atoms with E-state index in [-0.39, 0.29) is 22.8 Å². The Labute approximate surface area is 122 Å². The maximum atomic E-state index is 12.4. The Morgan fingerprint density at radius 2 is 2.14 bits per heavy atom. The number of methoxy groups -OCH3 is 1. The normalized spacial score (nSPS) is 11.6. The van der Waals surface area contributed by atoms with E-state index in [0.29, 0.717) is 13.0 Å². The van der Waals surface area contributed by atoms with E-state index in [1.54, 1.807) is 0 Å². The fourth-order valence-electron chi connectivity index (χ4n) is 1.69. The molecule has 0 spiro atoms. The summed E-state index contributed by atoms with van der Waals surface area (Å²) in [6, 6.07) is 3.36. The average molecular weight is 318 g/mol. The molecular weight excluding hydrogens is 300 g/mol. The van der Waals surface area contributed by atoms with Crippen molar-refractivity contribution in [3.05, 3.63) is 28.3 Å². The van der Waals surface area contributed by atoms with Crippen molar-refractivity contribution in [3.8, 4) is 0 Å². The lowest BCUT2D eigenvalue weighted by Gasteiger charge is -2.18. The number of non-ortho nitro benzene ring substituents is 1. The third-order valence-corrected chi connectivity index (χ3v) is 4.75. The quantitative estimate of drug-likeness (QED) is 0.310. The van der Waals surface area contributed by atoms with Crippen LogP contribution in [0.25, 0.3) is 0 Å². The molecule has 0 unspecified atom stereocenters. The number of hydrogen-bond donors (Lipinski definition) is 2. The zero-order chi connectivity index (χ0) is 16.0. The number of anilines is 1. The SMILES string of the molecule is COCCCN(C)S(=O)(=O)c1ccc([N+](=O)[O-])cc1NN. The summed E-state index contributed by atoms with van der Waals surface area (Å²) in [4.78, 5) is 9.96. The van der Waals surface area contributed by atoms with Crippen molar-refractivity contribution in [1.82, 2.24) is 4.31 Å². The highest BCUT2D eigenvalue weighted by Gasteiger charge is 2.25. The Morgan fingerprint density at radius 1 is 1.48 bits per heavy atom. The van der Waals surface area contributed by atoms with Crippen LogP contribution >= 0.6 is 0 Å². The van der Waals surface area contributed by atoms with Crippen LogP contribution in [0.15, 0.2) is 23.1 Å². The predicted octanol–water partition coefficient (Wildman–Crippen LogP) is 0.537. The van der Waals surface area contributed by atoms with Crippen molar-refractivity contribution in [2.75, 3.05) is 32.7 Å². The molecule has 0 aliphatic carbocycles. The Hall–Kier alpha value is -1.75. The predicted molar refractivity (Wildman–Crippen MR) is 77.2 cm³/mol. The molecule has 0 saturated heterocycles. The summed E-state index contributed by atoms with van der Waals surface area (Å²) in [5, 5.41) is 10.7. The third-order valence-electron chi connectivity index (χ3n) is 2.84.